The van der Waals surface area contributed by atoms with Gasteiger partial charge in [0.05, 0.1) is 19.3 Å². The number of hydrogen-bond donors (Lipinski definition) is 1. The van der Waals surface area contributed by atoms with Gasteiger partial charge < -0.3 is 20.3 Å². The fourth-order valence-corrected chi connectivity index (χ4v) is 1.48. The van der Waals surface area contributed by atoms with Gasteiger partial charge in [-0.2, -0.15) is 0 Å². The van der Waals surface area contributed by atoms with Crippen LogP contribution in [0.2, 0.25) is 0 Å². The number of nitrogen functional groups attached to an aromatic ring is 1. The summed E-state index contributed by atoms with van der Waals surface area (Å²) in [7, 11) is 6.35. The van der Waals surface area contributed by atoms with Crippen molar-refractivity contribution >= 4 is 17.5 Å². The van der Waals surface area contributed by atoms with Gasteiger partial charge in [-0.1, -0.05) is 0 Å². The number of nitrogens with two attached hydrogens (primary N) is 1. The summed E-state index contributed by atoms with van der Waals surface area (Å²) in [5.41, 5.74) is 6.58. The van der Waals surface area contributed by atoms with Gasteiger partial charge in [0.2, 0.25) is 5.91 Å². The second-order valence-electron chi connectivity index (χ2n) is 4.41. The maximum atomic E-state index is 12.1. The maximum absolute atomic E-state index is 12.1. The molecular formula is C13H19N3O3. The predicted molar refractivity (Wildman–Crippen MR) is 73.1 cm³/mol. The molecule has 1 rings (SSSR count). The Labute approximate surface area is 112 Å². The van der Waals surface area contributed by atoms with Crippen molar-refractivity contribution in [3.8, 4) is 5.75 Å². The SMILES string of the molecule is COc1cc(C(=O)N(C)CC(=O)N(C)C)ccc1N. The van der Waals surface area contributed by atoms with Crippen molar-refractivity contribution < 1.29 is 14.3 Å². The molecule has 1 aromatic carbocycles. The van der Waals surface area contributed by atoms with E-state index in [4.69, 9.17) is 10.5 Å². The van der Waals surface area contributed by atoms with E-state index in [0.29, 0.717) is 17.0 Å². The number of anilines is 1. The zero-order chi connectivity index (χ0) is 14.6. The molecule has 0 aromatic heterocycles. The number of ether oxygens (including phenoxy) is 1. The summed E-state index contributed by atoms with van der Waals surface area (Å²) < 4.78 is 5.06. The topological polar surface area (TPSA) is 75.9 Å². The van der Waals surface area contributed by atoms with E-state index in [0.717, 1.165) is 0 Å². The molecule has 6 nitrogen and oxygen atoms in total. The molecule has 19 heavy (non-hydrogen) atoms. The minimum atomic E-state index is -0.256. The van der Waals surface area contributed by atoms with Crippen LogP contribution in [0.4, 0.5) is 5.69 Å². The molecule has 0 saturated heterocycles. The smallest absolute Gasteiger partial charge is 0.254 e. The molecule has 0 atom stereocenters. The molecule has 0 aliphatic carbocycles. The van der Waals surface area contributed by atoms with Crippen molar-refractivity contribution in [3.63, 3.8) is 0 Å². The number of likely N-dealkylation sites (N-methyl/N-ethyl adjacent to an activating group) is 2. The van der Waals surface area contributed by atoms with Crippen molar-refractivity contribution in [2.75, 3.05) is 40.5 Å². The fourth-order valence-electron chi connectivity index (χ4n) is 1.48. The van der Waals surface area contributed by atoms with Gasteiger partial charge in [-0.3, -0.25) is 9.59 Å². The highest BCUT2D eigenvalue weighted by Gasteiger charge is 2.17. The Morgan fingerprint density at radius 2 is 1.89 bits per heavy atom. The van der Waals surface area contributed by atoms with E-state index >= 15 is 0 Å². The molecule has 0 saturated carbocycles. The largest absolute Gasteiger partial charge is 0.495 e. The third-order valence-electron chi connectivity index (χ3n) is 2.70. The molecule has 2 N–H and O–H groups in total. The first-order chi connectivity index (χ1) is 8.86. The zero-order valence-electron chi connectivity index (χ0n) is 11.6. The summed E-state index contributed by atoms with van der Waals surface area (Å²) in [4.78, 5) is 26.5. The van der Waals surface area contributed by atoms with Crippen molar-refractivity contribution in [1.29, 1.82) is 0 Å². The van der Waals surface area contributed by atoms with Gasteiger partial charge in [-0.05, 0) is 18.2 Å². The molecule has 2 amide bonds. The molecule has 1 aromatic rings. The number of carbonyl (C=O) groups is 2. The van der Waals surface area contributed by atoms with Gasteiger partial charge in [0.25, 0.3) is 5.91 Å². The van der Waals surface area contributed by atoms with Crippen LogP contribution in [0.3, 0.4) is 0 Å². The van der Waals surface area contributed by atoms with Gasteiger partial charge in [-0.25, -0.2) is 0 Å². The van der Waals surface area contributed by atoms with Crippen LogP contribution in [-0.4, -0.2) is 56.4 Å². The van der Waals surface area contributed by atoms with Crippen molar-refractivity contribution in [2.45, 2.75) is 0 Å². The number of hydrogen-bond acceptors (Lipinski definition) is 4. The van der Waals surface area contributed by atoms with Gasteiger partial charge in [0.15, 0.2) is 0 Å². The van der Waals surface area contributed by atoms with E-state index in [1.165, 1.54) is 16.9 Å². The maximum Gasteiger partial charge on any atom is 0.254 e. The van der Waals surface area contributed by atoms with Crippen molar-refractivity contribution in [1.82, 2.24) is 9.80 Å². The summed E-state index contributed by atoms with van der Waals surface area (Å²) in [6, 6.07) is 4.78. The van der Waals surface area contributed by atoms with Crippen LogP contribution in [0.1, 0.15) is 10.4 Å². The van der Waals surface area contributed by atoms with Crippen LogP contribution >= 0.6 is 0 Å². The second-order valence-corrected chi connectivity index (χ2v) is 4.41. The van der Waals surface area contributed by atoms with Crippen LogP contribution in [0.15, 0.2) is 18.2 Å². The average Bonchev–Trinajstić information content (AvgIpc) is 2.38. The van der Waals surface area contributed by atoms with E-state index < -0.39 is 0 Å². The van der Waals surface area contributed by atoms with E-state index in [2.05, 4.69) is 0 Å². The van der Waals surface area contributed by atoms with Crippen molar-refractivity contribution in [2.24, 2.45) is 0 Å². The Bertz CT molecular complexity index is 486. The van der Waals surface area contributed by atoms with Gasteiger partial charge in [0.1, 0.15) is 5.75 Å². The summed E-state index contributed by atoms with van der Waals surface area (Å²) in [6.07, 6.45) is 0. The summed E-state index contributed by atoms with van der Waals surface area (Å²) in [5, 5.41) is 0. The van der Waals surface area contributed by atoms with Gasteiger partial charge >= 0.3 is 0 Å². The third-order valence-corrected chi connectivity index (χ3v) is 2.70. The summed E-state index contributed by atoms with van der Waals surface area (Å²) in [6.45, 7) is 0.0263. The highest BCUT2D eigenvalue weighted by Crippen LogP contribution is 2.22. The van der Waals surface area contributed by atoms with Crippen LogP contribution in [0.25, 0.3) is 0 Å². The monoisotopic (exact) mass is 265 g/mol. The lowest BCUT2D eigenvalue weighted by Gasteiger charge is -2.19. The number of methoxy groups -OCH3 is 1. The number of rotatable bonds is 4. The first-order valence-corrected chi connectivity index (χ1v) is 5.76. The van der Waals surface area contributed by atoms with Crippen LogP contribution in [0.5, 0.6) is 5.75 Å². The lowest BCUT2D eigenvalue weighted by Crippen LogP contribution is -2.37. The first-order valence-electron chi connectivity index (χ1n) is 5.76. The Balaban J connectivity index is 2.85. The number of amides is 2. The zero-order valence-corrected chi connectivity index (χ0v) is 11.6. The number of benzene rings is 1. The van der Waals surface area contributed by atoms with Crippen LogP contribution in [-0.2, 0) is 4.79 Å². The summed E-state index contributed by atoms with van der Waals surface area (Å²) in [5.74, 6) is 0.0462. The van der Waals surface area contributed by atoms with E-state index in [-0.39, 0.29) is 18.4 Å². The molecule has 0 unspecified atom stereocenters. The normalized spacial score (nSPS) is 9.89. The summed E-state index contributed by atoms with van der Waals surface area (Å²) >= 11 is 0. The quantitative estimate of drug-likeness (QED) is 0.801. The molecular weight excluding hydrogens is 246 g/mol. The van der Waals surface area contributed by atoms with E-state index in [9.17, 15) is 9.59 Å². The number of nitrogens with zero attached hydrogens (tertiary/aromatic N) is 2. The third kappa shape index (κ3) is 3.61. The fraction of sp³-hybridized carbons (Fsp3) is 0.385. The standard InChI is InChI=1S/C13H19N3O3/c1-15(2)12(17)8-16(3)13(18)9-5-6-10(14)11(7-9)19-4/h5-7H,8,14H2,1-4H3. The lowest BCUT2D eigenvalue weighted by molar-refractivity contribution is -0.129. The number of carbonyl (C=O) groups excluding carboxylic acids is 2. The van der Waals surface area contributed by atoms with E-state index in [1.54, 1.807) is 39.3 Å². The molecule has 0 bridgehead atoms. The highest BCUT2D eigenvalue weighted by molar-refractivity contribution is 5.97. The van der Waals surface area contributed by atoms with Gasteiger partial charge in [0, 0.05) is 26.7 Å². The molecule has 0 spiro atoms. The van der Waals surface area contributed by atoms with Crippen LogP contribution < -0.4 is 10.5 Å². The molecule has 0 heterocycles. The van der Waals surface area contributed by atoms with Gasteiger partial charge in [-0.15, -0.1) is 0 Å². The molecule has 0 fully saturated rings. The highest BCUT2D eigenvalue weighted by atomic mass is 16.5. The predicted octanol–water partition coefficient (Wildman–Crippen LogP) is 0.438. The minimum absolute atomic E-state index is 0.0263. The molecule has 0 aliphatic heterocycles. The van der Waals surface area contributed by atoms with E-state index in [1.807, 2.05) is 0 Å². The Kier molecular flexibility index (Phi) is 4.74. The van der Waals surface area contributed by atoms with Crippen LogP contribution in [0, 0.1) is 0 Å². The minimum Gasteiger partial charge on any atom is -0.495 e. The average molecular weight is 265 g/mol. The molecule has 0 aliphatic rings. The molecule has 104 valence electrons. The Morgan fingerprint density at radius 1 is 1.26 bits per heavy atom. The Hall–Kier alpha value is -2.24. The van der Waals surface area contributed by atoms with Crippen molar-refractivity contribution in [3.05, 3.63) is 23.8 Å². The lowest BCUT2D eigenvalue weighted by atomic mass is 10.1. The first kappa shape index (κ1) is 14.8. The second kappa shape index (κ2) is 6.08. The molecule has 0 radical (unpaired) electrons. The Morgan fingerprint density at radius 3 is 2.42 bits per heavy atom. The molecule has 6 heteroatoms.